The monoisotopic (exact) mass is 1200 g/mol. The van der Waals surface area contributed by atoms with Crippen molar-refractivity contribution >= 4 is 87.5 Å². The van der Waals surface area contributed by atoms with E-state index in [0.717, 1.165) is 122 Å². The number of rotatable bonds is 9. The van der Waals surface area contributed by atoms with E-state index in [0.29, 0.717) is 34.9 Å². The Morgan fingerprint density at radius 2 is 0.500 bits per heavy atom. The van der Waals surface area contributed by atoms with Crippen LogP contribution < -0.4 is 0 Å². The summed E-state index contributed by atoms with van der Waals surface area (Å²) in [5.41, 5.74) is 17.7. The normalized spacial score (nSPS) is 11.6. The van der Waals surface area contributed by atoms with Gasteiger partial charge in [0.25, 0.3) is 0 Å². The smallest absolute Gasteiger partial charge is 0.167 e. The summed E-state index contributed by atoms with van der Waals surface area (Å²) in [6.45, 7) is 0. The summed E-state index contributed by atoms with van der Waals surface area (Å²) in [5.74, 6) is 3.60. The second kappa shape index (κ2) is 22.5. The molecule has 0 atom stereocenters. The molecule has 19 rings (SSSR count). The molecule has 0 fully saturated rings. The van der Waals surface area contributed by atoms with E-state index in [1.54, 1.807) is 0 Å². The molecule has 0 saturated carbocycles. The summed E-state index contributed by atoms with van der Waals surface area (Å²) < 4.78 is 18.1. The Labute approximate surface area is 538 Å². The quantitative estimate of drug-likeness (QED) is 0.140. The average molecular weight is 1210 g/mol. The van der Waals surface area contributed by atoms with Gasteiger partial charge in [0.1, 0.15) is 22.3 Å². The molecule has 94 heavy (non-hydrogen) atoms. The summed E-state index contributed by atoms with van der Waals surface area (Å²) in [7, 11) is 0. The van der Waals surface area contributed by atoms with Crippen molar-refractivity contribution in [2.75, 3.05) is 0 Å². The molecule has 0 unspecified atom stereocenters. The van der Waals surface area contributed by atoms with Crippen LogP contribution in [0.2, 0.25) is 0 Å². The Bertz CT molecular complexity index is 6010. The highest BCUT2D eigenvalue weighted by Crippen LogP contribution is 2.43. The molecule has 6 aromatic heterocycles. The molecule has 13 aromatic carbocycles. The van der Waals surface area contributed by atoms with Gasteiger partial charge in [0.2, 0.25) is 0 Å². The Balaban J connectivity index is 0.000000139. The zero-order chi connectivity index (χ0) is 62.1. The maximum atomic E-state index is 6.76. The van der Waals surface area contributed by atoms with E-state index in [2.05, 4.69) is 209 Å². The van der Waals surface area contributed by atoms with Crippen molar-refractivity contribution in [3.05, 3.63) is 315 Å². The maximum Gasteiger partial charge on any atom is 0.167 e. The molecule has 6 heterocycles. The first-order valence-electron chi connectivity index (χ1n) is 31.3. The van der Waals surface area contributed by atoms with Gasteiger partial charge in [-0.15, -0.1) is 0 Å². The lowest BCUT2D eigenvalue weighted by Crippen LogP contribution is -2.00. The molecule has 0 aliphatic rings. The molecular weight excluding hydrogens is 1150 g/mol. The van der Waals surface area contributed by atoms with Crippen molar-refractivity contribution in [2.45, 2.75) is 0 Å². The SMILES string of the molecule is c1ccc(-c2ccc(-c3nc(-c4ccccc4)nc(-c4cccc5c4oc4cc6c7ccccc7n(-c7ccccc7)c6cc45)n3)cc2)cc1.c1ccc(-c2nc(-c3ccccc3)nc(-c3cccc4c3oc3cc5c6ccccc6n(-c6ccccc6)c5cc34)n2)cc1. The van der Waals surface area contributed by atoms with Gasteiger partial charge in [-0.1, -0.05) is 243 Å². The van der Waals surface area contributed by atoms with Gasteiger partial charge < -0.3 is 18.0 Å². The van der Waals surface area contributed by atoms with Crippen LogP contribution in [0.4, 0.5) is 0 Å². The molecule has 19 aromatic rings. The van der Waals surface area contributed by atoms with Crippen LogP contribution in [0, 0.1) is 0 Å². The van der Waals surface area contributed by atoms with Crippen LogP contribution in [-0.2, 0) is 0 Å². The molecule has 0 spiro atoms. The summed E-state index contributed by atoms with van der Waals surface area (Å²) >= 11 is 0. The molecular formula is C84H52N8O2. The van der Waals surface area contributed by atoms with Crippen molar-refractivity contribution in [3.8, 4) is 90.8 Å². The molecule has 0 radical (unpaired) electrons. The Hall–Kier alpha value is -12.9. The first-order valence-corrected chi connectivity index (χ1v) is 31.3. The van der Waals surface area contributed by atoms with Crippen LogP contribution in [-0.4, -0.2) is 39.0 Å². The fraction of sp³-hybridized carbons (Fsp3) is 0. The summed E-state index contributed by atoms with van der Waals surface area (Å²) in [5, 5.41) is 8.79. The first kappa shape index (κ1) is 54.1. The number of hydrogen-bond donors (Lipinski definition) is 0. The standard InChI is InChI=1S/C45H28N4O.C39H24N4O/c1-4-13-29(14-5-1)30-23-25-32(26-24-30)44-46-43(31-15-6-2-7-16-31)47-45(48-44)36-21-12-20-35-38-27-40-37(28-41(38)50-42(35)36)34-19-10-11-22-39(34)49(40)33-17-8-3-9-18-33;1-4-13-25(14-5-1)37-40-38(26-15-6-2-7-16-26)42-39(41-37)30-21-12-20-29-32-23-34-31(24-35(32)44-36(29)30)28-19-10-11-22-33(28)43(34)27-17-8-3-9-18-27/h1-28H;1-24H. The highest BCUT2D eigenvalue weighted by Gasteiger charge is 2.23. The number of nitrogens with zero attached hydrogens (tertiary/aromatic N) is 8. The lowest BCUT2D eigenvalue weighted by molar-refractivity contribution is 0.669. The Morgan fingerprint density at radius 1 is 0.202 bits per heavy atom. The van der Waals surface area contributed by atoms with Crippen LogP contribution >= 0.6 is 0 Å². The van der Waals surface area contributed by atoms with Crippen LogP contribution in [0.1, 0.15) is 0 Å². The molecule has 0 bridgehead atoms. The van der Waals surface area contributed by atoms with Crippen LogP contribution in [0.3, 0.4) is 0 Å². The van der Waals surface area contributed by atoms with Crippen molar-refractivity contribution in [1.82, 2.24) is 39.0 Å². The number of para-hydroxylation sites is 6. The van der Waals surface area contributed by atoms with Crippen LogP contribution in [0.5, 0.6) is 0 Å². The summed E-state index contributed by atoms with van der Waals surface area (Å²) in [6.07, 6.45) is 0. The lowest BCUT2D eigenvalue weighted by atomic mass is 10.0. The van der Waals surface area contributed by atoms with E-state index in [1.807, 2.05) is 115 Å². The number of furan rings is 2. The second-order valence-corrected chi connectivity index (χ2v) is 23.3. The van der Waals surface area contributed by atoms with Crippen LogP contribution in [0.25, 0.3) is 178 Å². The Kier molecular flexibility index (Phi) is 13.0. The molecule has 440 valence electrons. The molecule has 0 aliphatic carbocycles. The van der Waals surface area contributed by atoms with Gasteiger partial charge in [0, 0.05) is 76.7 Å². The maximum absolute atomic E-state index is 6.76. The molecule has 0 saturated heterocycles. The number of aromatic nitrogens is 8. The third-order valence-electron chi connectivity index (χ3n) is 17.7. The topological polar surface area (TPSA) is 113 Å². The third kappa shape index (κ3) is 9.35. The first-order chi connectivity index (χ1) is 46.6. The largest absolute Gasteiger partial charge is 0.455 e. The van der Waals surface area contributed by atoms with Crippen LogP contribution in [0.15, 0.2) is 324 Å². The Morgan fingerprint density at radius 3 is 0.894 bits per heavy atom. The van der Waals surface area contributed by atoms with Gasteiger partial charge in [-0.2, -0.15) is 0 Å². The van der Waals surface area contributed by atoms with E-state index in [9.17, 15) is 0 Å². The average Bonchev–Trinajstić information content (AvgIpc) is 1.57. The van der Waals surface area contributed by atoms with Gasteiger partial charge >= 0.3 is 0 Å². The number of benzene rings is 13. The van der Waals surface area contributed by atoms with Crippen molar-refractivity contribution in [2.24, 2.45) is 0 Å². The zero-order valence-electron chi connectivity index (χ0n) is 50.4. The fourth-order valence-corrected chi connectivity index (χ4v) is 13.3. The summed E-state index contributed by atoms with van der Waals surface area (Å²) in [4.78, 5) is 29.9. The minimum absolute atomic E-state index is 0.564. The molecule has 10 nitrogen and oxygen atoms in total. The van der Waals surface area contributed by atoms with E-state index >= 15 is 0 Å². The van der Waals surface area contributed by atoms with E-state index in [4.69, 9.17) is 38.7 Å². The van der Waals surface area contributed by atoms with E-state index in [-0.39, 0.29) is 0 Å². The molecule has 0 aliphatic heterocycles. The number of hydrogen-bond acceptors (Lipinski definition) is 8. The van der Waals surface area contributed by atoms with Gasteiger partial charge in [-0.25, -0.2) is 29.9 Å². The van der Waals surface area contributed by atoms with Crippen molar-refractivity contribution in [1.29, 1.82) is 0 Å². The van der Waals surface area contributed by atoms with Crippen molar-refractivity contribution < 1.29 is 8.83 Å². The molecule has 0 N–H and O–H groups in total. The molecule has 10 heteroatoms. The minimum Gasteiger partial charge on any atom is -0.455 e. The van der Waals surface area contributed by atoms with Crippen molar-refractivity contribution in [3.63, 3.8) is 0 Å². The number of fused-ring (bicyclic) bond motifs is 12. The van der Waals surface area contributed by atoms with Gasteiger partial charge in [-0.05, 0) is 83.9 Å². The van der Waals surface area contributed by atoms with E-state index < -0.39 is 0 Å². The third-order valence-corrected chi connectivity index (χ3v) is 17.7. The fourth-order valence-electron chi connectivity index (χ4n) is 13.3. The summed E-state index contributed by atoms with van der Waals surface area (Å²) in [6, 6.07) is 108. The predicted octanol–water partition coefficient (Wildman–Crippen LogP) is 21.4. The second-order valence-electron chi connectivity index (χ2n) is 23.3. The van der Waals surface area contributed by atoms with Gasteiger partial charge in [0.05, 0.1) is 33.2 Å². The minimum atomic E-state index is 0.564. The van der Waals surface area contributed by atoms with Gasteiger partial charge in [-0.3, -0.25) is 0 Å². The van der Waals surface area contributed by atoms with Gasteiger partial charge in [0.15, 0.2) is 34.9 Å². The molecule has 0 amide bonds. The highest BCUT2D eigenvalue weighted by atomic mass is 16.3. The lowest BCUT2D eigenvalue weighted by Gasteiger charge is -2.09. The zero-order valence-corrected chi connectivity index (χ0v) is 50.4. The van der Waals surface area contributed by atoms with E-state index in [1.165, 1.54) is 21.9 Å². The highest BCUT2D eigenvalue weighted by molar-refractivity contribution is 6.20. The predicted molar refractivity (Wildman–Crippen MR) is 381 cm³/mol.